The second-order valence-electron chi connectivity index (χ2n) is 30.1. The number of aromatic nitrogens is 8. The minimum absolute atomic E-state index is 0.428. The third-order valence-electron chi connectivity index (χ3n) is 24.1. The summed E-state index contributed by atoms with van der Waals surface area (Å²) < 4.78 is 32.5. The van der Waals surface area contributed by atoms with Crippen molar-refractivity contribution in [3.63, 3.8) is 0 Å². The Bertz CT molecular complexity index is 7410. The van der Waals surface area contributed by atoms with Crippen LogP contribution < -0.4 is 0 Å². The van der Waals surface area contributed by atoms with Gasteiger partial charge < -0.3 is 13.7 Å². The second kappa shape index (κ2) is 26.2. The van der Waals surface area contributed by atoms with Crippen molar-refractivity contribution in [2.75, 3.05) is 0 Å². The van der Waals surface area contributed by atoms with Crippen molar-refractivity contribution in [2.45, 2.75) is 30.0 Å². The zero-order valence-electron chi connectivity index (χ0n) is 65.2. The van der Waals surface area contributed by atoms with Crippen LogP contribution in [0.5, 0.6) is 0 Å². The second-order valence-corrected chi connectivity index (χ2v) is 30.1. The molecule has 0 N–H and O–H groups in total. The molecule has 8 nitrogen and oxygen atoms in total. The third kappa shape index (κ3) is 9.87. The molecular weight excluding hydrogens is 1390 g/mol. The summed E-state index contributed by atoms with van der Waals surface area (Å²) in [7, 11) is 0. The SMILES string of the molecule is [2H]C([2H])([2H])C1(C)c2ccccc2-c2cc3c(cc21)c1ncc(-c2ccccc2)cc1n3-c1ccccc1.c1ccc(C2(c3ccccc3)c3ccccc3-c3cc4c(cc32)c2ncccc2n4-c2ccnc3ccccc23)cc1.c1ccc(C2(c3ccccc3)c3ccccc3-c3cc4c(cc32)c2ncccc2n4-c2ccncc2)cc1. The molecule has 21 aromatic rings. The van der Waals surface area contributed by atoms with Crippen molar-refractivity contribution in [3.05, 3.63) is 457 Å². The number of rotatable bonds is 8. The molecule has 0 saturated carbocycles. The summed E-state index contributed by atoms with van der Waals surface area (Å²) >= 11 is 0. The molecule has 0 saturated heterocycles. The number of fused-ring (bicyclic) bond motifs is 19. The molecule has 24 rings (SSSR count). The molecule has 114 heavy (non-hydrogen) atoms. The summed E-state index contributed by atoms with van der Waals surface area (Å²) in [6.07, 6.45) is 11.3. The van der Waals surface area contributed by atoms with Crippen LogP contribution in [-0.2, 0) is 16.2 Å². The molecule has 3 aliphatic rings. The normalized spacial score (nSPS) is 14.9. The highest BCUT2D eigenvalue weighted by Gasteiger charge is 2.48. The van der Waals surface area contributed by atoms with Crippen molar-refractivity contribution < 1.29 is 4.11 Å². The highest BCUT2D eigenvalue weighted by Crippen LogP contribution is 2.60. The Kier molecular flexibility index (Phi) is 14.5. The fourth-order valence-electron chi connectivity index (χ4n) is 19.3. The van der Waals surface area contributed by atoms with Crippen LogP contribution in [0.2, 0.25) is 0 Å². The van der Waals surface area contributed by atoms with E-state index in [4.69, 9.17) is 19.1 Å². The van der Waals surface area contributed by atoms with Gasteiger partial charge >= 0.3 is 0 Å². The molecule has 1 unspecified atom stereocenters. The van der Waals surface area contributed by atoms with E-state index in [-0.39, 0.29) is 0 Å². The molecule has 0 bridgehead atoms. The quantitative estimate of drug-likeness (QED) is 0.151. The topological polar surface area (TPSA) is 79.2 Å². The minimum atomic E-state index is -2.20. The van der Waals surface area contributed by atoms with Gasteiger partial charge in [-0.05, 0) is 198 Å². The monoisotopic (exact) mass is 1460 g/mol. The van der Waals surface area contributed by atoms with Crippen molar-refractivity contribution in [1.82, 2.24) is 38.6 Å². The van der Waals surface area contributed by atoms with Gasteiger partial charge in [-0.15, -0.1) is 0 Å². The number of pyridine rings is 5. The Labute approximate surface area is 663 Å². The number of hydrogen-bond acceptors (Lipinski definition) is 5. The van der Waals surface area contributed by atoms with E-state index < -0.39 is 23.1 Å². The third-order valence-corrected chi connectivity index (χ3v) is 24.1. The standard InChI is InChI=1S/C39H25N3.C35H23N3.C32H24N2/c1-3-12-26(13-4-1)39(27-14-5-2-6-15-27)32-18-9-7-16-28(32)30-25-37-31(24-33(30)39)38-36(20-11-22-41-38)42(37)35-21-23-40-34-19-10-8-17-29(34)35;1-3-10-24(11-4-1)35(25-12-5-2-6-13-25)30-15-8-7-14-27(30)28-23-33-29(22-31(28)35)34-32(16-9-19-37-34)38(33)26-17-20-36-21-18-26;1-32(2)27-16-10-9-15-24(27)25-19-29-26(18-28(25)32)31-30(34(29)23-13-7-4-8-14-23)17-22(20-33-31)21-11-5-3-6-12-21/h1-25H;1-23H;3-20H,1-2H3/i;;1D3. The van der Waals surface area contributed by atoms with Crippen molar-refractivity contribution in [1.29, 1.82) is 0 Å². The first kappa shape index (κ1) is 63.1. The average Bonchev–Trinajstić information content (AvgIpc) is 1.54. The smallest absolute Gasteiger partial charge is 0.0964 e. The van der Waals surface area contributed by atoms with Crippen LogP contribution in [0.3, 0.4) is 0 Å². The van der Waals surface area contributed by atoms with Crippen LogP contribution in [0.25, 0.3) is 138 Å². The molecule has 8 heterocycles. The van der Waals surface area contributed by atoms with Gasteiger partial charge in [0.25, 0.3) is 0 Å². The van der Waals surface area contributed by atoms with E-state index in [1.54, 1.807) is 0 Å². The highest BCUT2D eigenvalue weighted by molar-refractivity contribution is 6.14. The number of benzene rings is 13. The first-order valence-electron chi connectivity index (χ1n) is 40.3. The zero-order valence-corrected chi connectivity index (χ0v) is 62.2. The minimum Gasteiger partial charge on any atom is -0.308 e. The summed E-state index contributed by atoms with van der Waals surface area (Å²) in [5.74, 6) is 0. The van der Waals surface area contributed by atoms with Gasteiger partial charge in [0.2, 0.25) is 0 Å². The van der Waals surface area contributed by atoms with Crippen LogP contribution in [0.4, 0.5) is 0 Å². The zero-order chi connectivity index (χ0) is 78.1. The van der Waals surface area contributed by atoms with Crippen molar-refractivity contribution in [3.8, 4) is 61.6 Å². The van der Waals surface area contributed by atoms with Gasteiger partial charge in [-0.3, -0.25) is 24.9 Å². The predicted octanol–water partition coefficient (Wildman–Crippen LogP) is 25.2. The molecule has 0 radical (unpaired) electrons. The lowest BCUT2D eigenvalue weighted by atomic mass is 9.67. The van der Waals surface area contributed by atoms with Crippen LogP contribution in [0.1, 0.15) is 73.5 Å². The fourth-order valence-corrected chi connectivity index (χ4v) is 19.3. The van der Waals surface area contributed by atoms with Crippen LogP contribution in [0.15, 0.2) is 401 Å². The van der Waals surface area contributed by atoms with E-state index in [1.807, 2.05) is 123 Å². The molecule has 8 heteroatoms. The van der Waals surface area contributed by atoms with Gasteiger partial charge in [-0.1, -0.05) is 275 Å². The van der Waals surface area contributed by atoms with Gasteiger partial charge in [0.05, 0.1) is 71.7 Å². The lowest BCUT2D eigenvalue weighted by Crippen LogP contribution is -2.28. The Morgan fingerprint density at radius 3 is 1.21 bits per heavy atom. The van der Waals surface area contributed by atoms with Crippen LogP contribution in [0, 0.1) is 0 Å². The molecule has 0 aliphatic heterocycles. The maximum absolute atomic E-state index is 8.53. The van der Waals surface area contributed by atoms with Crippen molar-refractivity contribution >= 4 is 76.7 Å². The molecule has 1 atom stereocenters. The van der Waals surface area contributed by atoms with Gasteiger partial charge in [0.1, 0.15) is 0 Å². The van der Waals surface area contributed by atoms with Crippen LogP contribution in [-0.4, -0.2) is 38.6 Å². The molecule has 0 fully saturated rings. The summed E-state index contributed by atoms with van der Waals surface area (Å²) in [6.45, 7) is -0.346. The molecule has 8 aromatic heterocycles. The van der Waals surface area contributed by atoms with Gasteiger partial charge in [-0.2, -0.15) is 0 Å². The molecule has 3 aliphatic carbocycles. The first-order chi connectivity index (χ1) is 57.6. The van der Waals surface area contributed by atoms with Gasteiger partial charge in [-0.25, -0.2) is 0 Å². The van der Waals surface area contributed by atoms with E-state index in [2.05, 4.69) is 309 Å². The summed E-state index contributed by atoms with van der Waals surface area (Å²) in [5, 5.41) is 4.38. The van der Waals surface area contributed by atoms with E-state index in [9.17, 15) is 0 Å². The van der Waals surface area contributed by atoms with Gasteiger partial charge in [0, 0.05) is 85.2 Å². The largest absolute Gasteiger partial charge is 0.308 e. The predicted molar refractivity (Wildman–Crippen MR) is 466 cm³/mol. The van der Waals surface area contributed by atoms with E-state index >= 15 is 0 Å². The lowest BCUT2D eigenvalue weighted by molar-refractivity contribution is 0.661. The highest BCUT2D eigenvalue weighted by atomic mass is 15.0. The molecular formula is C106H72N8. The molecule has 0 spiro atoms. The van der Waals surface area contributed by atoms with E-state index in [0.717, 1.165) is 127 Å². The van der Waals surface area contributed by atoms with E-state index in [0.29, 0.717) is 0 Å². The Morgan fingerprint density at radius 2 is 0.675 bits per heavy atom. The van der Waals surface area contributed by atoms with Crippen molar-refractivity contribution in [2.24, 2.45) is 0 Å². The summed E-state index contributed by atoms with van der Waals surface area (Å²) in [5.41, 5.74) is 32.7. The Morgan fingerprint density at radius 1 is 0.263 bits per heavy atom. The fraction of sp³-hybridized carbons (Fsp3) is 0.0472. The number of para-hydroxylation sites is 2. The lowest BCUT2D eigenvalue weighted by Gasteiger charge is -2.33. The molecule has 13 aromatic carbocycles. The average molecular weight is 1460 g/mol. The molecule has 0 amide bonds. The Hall–Kier alpha value is -14.7. The first-order valence-corrected chi connectivity index (χ1v) is 38.8. The van der Waals surface area contributed by atoms with Gasteiger partial charge in [0.15, 0.2) is 0 Å². The number of hydrogen-bond donors (Lipinski definition) is 0. The Balaban J connectivity index is 0.000000106. The number of nitrogens with zero attached hydrogens (tertiary/aromatic N) is 8. The van der Waals surface area contributed by atoms with Crippen LogP contribution >= 0.6 is 0 Å². The maximum atomic E-state index is 8.53. The maximum Gasteiger partial charge on any atom is 0.0964 e. The summed E-state index contributed by atoms with van der Waals surface area (Å²) in [6, 6.07) is 129. The molecule has 536 valence electrons. The van der Waals surface area contributed by atoms with E-state index in [1.165, 1.54) is 66.8 Å². The summed E-state index contributed by atoms with van der Waals surface area (Å²) in [4.78, 5) is 23.7.